The number of hydrogen-bond acceptors (Lipinski definition) is 7. The highest BCUT2D eigenvalue weighted by Gasteiger charge is 2.42. The minimum absolute atomic E-state index is 0.108. The van der Waals surface area contributed by atoms with E-state index >= 15 is 0 Å². The Labute approximate surface area is 201 Å². The average Bonchev–Trinajstić information content (AvgIpc) is 3.21. The van der Waals surface area contributed by atoms with E-state index in [2.05, 4.69) is 27.2 Å². The van der Waals surface area contributed by atoms with Crippen LogP contribution in [-0.2, 0) is 4.79 Å². The molecule has 7 nitrogen and oxygen atoms in total. The number of carbonyl (C=O) groups excluding carboxylic acids is 2. The minimum atomic E-state index is -0.137. The van der Waals surface area contributed by atoms with Crippen LogP contribution >= 0.6 is 22.9 Å². The number of thiophene rings is 1. The van der Waals surface area contributed by atoms with Gasteiger partial charge >= 0.3 is 0 Å². The fraction of sp³-hybridized carbons (Fsp3) is 0.458. The highest BCUT2D eigenvalue weighted by Crippen LogP contribution is 2.43. The molecule has 1 aliphatic carbocycles. The highest BCUT2D eigenvalue weighted by molar-refractivity contribution is 7.17. The van der Waals surface area contributed by atoms with Gasteiger partial charge in [0, 0.05) is 43.2 Å². The smallest absolute Gasteiger partial charge is 0.274 e. The summed E-state index contributed by atoms with van der Waals surface area (Å²) in [7, 11) is 0. The summed E-state index contributed by atoms with van der Waals surface area (Å²) in [5.41, 5.74) is 1.92. The molecule has 1 aliphatic heterocycles. The molecule has 0 spiro atoms. The van der Waals surface area contributed by atoms with E-state index in [-0.39, 0.29) is 23.3 Å². The summed E-state index contributed by atoms with van der Waals surface area (Å²) in [6.07, 6.45) is 7.03. The van der Waals surface area contributed by atoms with Crippen molar-refractivity contribution in [2.45, 2.75) is 45.6 Å². The molecular weight excluding hydrogens is 458 g/mol. The van der Waals surface area contributed by atoms with E-state index < -0.39 is 0 Å². The quantitative estimate of drug-likeness (QED) is 0.501. The van der Waals surface area contributed by atoms with Gasteiger partial charge in [-0.05, 0) is 42.8 Å². The van der Waals surface area contributed by atoms with Crippen LogP contribution < -0.4 is 5.32 Å². The van der Waals surface area contributed by atoms with E-state index in [1.807, 2.05) is 24.4 Å². The van der Waals surface area contributed by atoms with Gasteiger partial charge in [-0.3, -0.25) is 14.6 Å². The molecule has 9 heteroatoms. The van der Waals surface area contributed by atoms with Crippen LogP contribution in [0, 0.1) is 11.3 Å². The fourth-order valence-electron chi connectivity index (χ4n) is 4.52. The third-order valence-corrected chi connectivity index (χ3v) is 8.04. The summed E-state index contributed by atoms with van der Waals surface area (Å²) >= 11 is 7.53. The van der Waals surface area contributed by atoms with Crippen molar-refractivity contribution in [3.8, 4) is 0 Å². The van der Waals surface area contributed by atoms with E-state index in [4.69, 9.17) is 11.6 Å². The Bertz CT molecular complexity index is 1220. The van der Waals surface area contributed by atoms with Crippen molar-refractivity contribution in [2.75, 3.05) is 18.4 Å². The number of amides is 1. The number of ketones is 1. The Kier molecular flexibility index (Phi) is 5.82. The lowest BCUT2D eigenvalue weighted by molar-refractivity contribution is -0.134. The molecule has 0 radical (unpaired) electrons. The van der Waals surface area contributed by atoms with E-state index in [0.717, 1.165) is 35.0 Å². The normalized spacial score (nSPS) is 18.5. The monoisotopic (exact) mass is 483 g/mol. The standard InChI is InChI=1S/C24H26ClN5O2S/c1-14(16-9-17(25)11-26-10-16)27-23-28-18-4-7-33-21(18)20(29-23)22(32)30-12-15(13-30)8-19(31)24(2)5-3-6-24/h4,7,9-11,14-15H,3,5-6,8,12-13H2,1-2H3,(H,27,28,29)/t14-/m0/s1. The van der Waals surface area contributed by atoms with Gasteiger partial charge in [-0.25, -0.2) is 9.97 Å². The van der Waals surface area contributed by atoms with Gasteiger partial charge in [0.25, 0.3) is 5.91 Å². The van der Waals surface area contributed by atoms with Crippen LogP contribution in [0.3, 0.4) is 0 Å². The van der Waals surface area contributed by atoms with E-state index in [1.165, 1.54) is 11.3 Å². The zero-order chi connectivity index (χ0) is 23.2. The molecule has 1 amide bonds. The molecule has 1 saturated carbocycles. The maximum absolute atomic E-state index is 13.3. The van der Waals surface area contributed by atoms with Crippen molar-refractivity contribution in [1.29, 1.82) is 0 Å². The molecule has 1 atom stereocenters. The Morgan fingerprint density at radius 3 is 2.79 bits per heavy atom. The molecule has 4 heterocycles. The van der Waals surface area contributed by atoms with Gasteiger partial charge < -0.3 is 10.2 Å². The Balaban J connectivity index is 1.29. The number of carbonyl (C=O) groups is 2. The third-order valence-electron chi connectivity index (χ3n) is 6.93. The summed E-state index contributed by atoms with van der Waals surface area (Å²) in [4.78, 5) is 41.0. The SMILES string of the molecule is C[C@H](Nc1nc(C(=O)N2CC(CC(=O)C3(C)CCC3)C2)c2sccc2n1)c1cncc(Cl)c1. The Morgan fingerprint density at radius 1 is 1.30 bits per heavy atom. The summed E-state index contributed by atoms with van der Waals surface area (Å²) in [5, 5.41) is 5.75. The topological polar surface area (TPSA) is 88.1 Å². The molecular formula is C24H26ClN5O2S. The lowest BCUT2D eigenvalue weighted by atomic mass is 9.65. The number of fused-ring (bicyclic) bond motifs is 1. The Hall–Kier alpha value is -2.58. The van der Waals surface area contributed by atoms with Crippen molar-refractivity contribution in [1.82, 2.24) is 19.9 Å². The summed E-state index contributed by atoms with van der Waals surface area (Å²) in [6, 6.07) is 3.60. The number of likely N-dealkylation sites (tertiary alicyclic amines) is 1. The summed E-state index contributed by atoms with van der Waals surface area (Å²) < 4.78 is 0.782. The Morgan fingerprint density at radius 2 is 2.09 bits per heavy atom. The molecule has 0 aromatic carbocycles. The molecule has 2 fully saturated rings. The highest BCUT2D eigenvalue weighted by atomic mass is 35.5. The first-order chi connectivity index (χ1) is 15.8. The van der Waals surface area contributed by atoms with Crippen molar-refractivity contribution < 1.29 is 9.59 Å². The predicted octanol–water partition coefficient (Wildman–Crippen LogP) is 5.13. The minimum Gasteiger partial charge on any atom is -0.348 e. The van der Waals surface area contributed by atoms with Crippen LogP contribution in [0.4, 0.5) is 5.95 Å². The number of halogens is 1. The first-order valence-corrected chi connectivity index (χ1v) is 12.5. The van der Waals surface area contributed by atoms with Gasteiger partial charge in [-0.15, -0.1) is 11.3 Å². The second kappa shape index (κ2) is 8.65. The number of hydrogen-bond donors (Lipinski definition) is 1. The molecule has 3 aromatic heterocycles. The number of anilines is 1. The van der Waals surface area contributed by atoms with Gasteiger partial charge in [-0.1, -0.05) is 24.9 Å². The van der Waals surface area contributed by atoms with E-state index in [1.54, 1.807) is 17.3 Å². The lowest BCUT2D eigenvalue weighted by Gasteiger charge is -2.42. The van der Waals surface area contributed by atoms with Crippen LogP contribution in [0.25, 0.3) is 10.2 Å². The molecule has 33 heavy (non-hydrogen) atoms. The van der Waals surface area contributed by atoms with Gasteiger partial charge in [0.1, 0.15) is 5.78 Å². The van der Waals surface area contributed by atoms with Crippen molar-refractivity contribution in [3.63, 3.8) is 0 Å². The number of Topliss-reactive ketones (excluding diaryl/α,β-unsaturated/α-hetero) is 1. The number of nitrogens with zero attached hydrogens (tertiary/aromatic N) is 4. The zero-order valence-corrected chi connectivity index (χ0v) is 20.2. The van der Waals surface area contributed by atoms with Crippen LogP contribution in [-0.4, -0.2) is 44.6 Å². The van der Waals surface area contributed by atoms with Crippen LogP contribution in [0.15, 0.2) is 29.9 Å². The van der Waals surface area contributed by atoms with Crippen molar-refractivity contribution in [3.05, 3.63) is 46.2 Å². The zero-order valence-electron chi connectivity index (χ0n) is 18.7. The first-order valence-electron chi connectivity index (χ1n) is 11.3. The second-order valence-corrected chi connectivity index (χ2v) is 10.8. The van der Waals surface area contributed by atoms with Crippen LogP contribution in [0.2, 0.25) is 5.02 Å². The molecule has 5 rings (SSSR count). The molecule has 0 unspecified atom stereocenters. The second-order valence-electron chi connectivity index (χ2n) is 9.45. The van der Waals surface area contributed by atoms with Crippen LogP contribution in [0.5, 0.6) is 0 Å². The maximum atomic E-state index is 13.3. The van der Waals surface area contributed by atoms with Gasteiger partial charge in [0.15, 0.2) is 5.69 Å². The predicted molar refractivity (Wildman–Crippen MR) is 130 cm³/mol. The van der Waals surface area contributed by atoms with E-state index in [9.17, 15) is 9.59 Å². The number of rotatable bonds is 7. The first kappa shape index (κ1) is 22.2. The van der Waals surface area contributed by atoms with Gasteiger partial charge in [0.2, 0.25) is 5.95 Å². The van der Waals surface area contributed by atoms with Crippen molar-refractivity contribution >= 4 is 50.8 Å². The number of nitrogens with one attached hydrogen (secondary N) is 1. The van der Waals surface area contributed by atoms with E-state index in [0.29, 0.717) is 42.0 Å². The maximum Gasteiger partial charge on any atom is 0.274 e. The summed E-state index contributed by atoms with van der Waals surface area (Å²) in [5.74, 6) is 0.877. The van der Waals surface area contributed by atoms with Gasteiger partial charge in [-0.2, -0.15) is 0 Å². The van der Waals surface area contributed by atoms with Crippen LogP contribution in [0.1, 0.15) is 61.6 Å². The third kappa shape index (κ3) is 4.34. The average molecular weight is 484 g/mol. The lowest BCUT2D eigenvalue weighted by Crippen LogP contribution is -2.52. The molecule has 1 saturated heterocycles. The molecule has 0 bridgehead atoms. The van der Waals surface area contributed by atoms with Gasteiger partial charge in [0.05, 0.1) is 21.3 Å². The van der Waals surface area contributed by atoms with Crippen molar-refractivity contribution in [2.24, 2.45) is 11.3 Å². The molecule has 172 valence electrons. The fourth-order valence-corrected chi connectivity index (χ4v) is 5.52. The molecule has 3 aromatic rings. The largest absolute Gasteiger partial charge is 0.348 e. The summed E-state index contributed by atoms with van der Waals surface area (Å²) in [6.45, 7) is 5.25. The molecule has 2 aliphatic rings. The number of aromatic nitrogens is 3. The number of pyridine rings is 1. The molecule has 1 N–H and O–H groups in total.